The van der Waals surface area contributed by atoms with Crippen LogP contribution in [-0.2, 0) is 0 Å². The van der Waals surface area contributed by atoms with Crippen LogP contribution in [0, 0.1) is 0 Å². The number of nitrogens with zero attached hydrogens (tertiary/aromatic N) is 2. The monoisotopic (exact) mass is 133 g/mol. The number of hydrogen-bond acceptors (Lipinski definition) is 1. The van der Waals surface area contributed by atoms with Gasteiger partial charge >= 0.3 is 0 Å². The number of hydrogen-bond donors (Lipinski definition) is 0. The molecule has 2 aliphatic rings. The molecule has 2 nitrogen and oxygen atoms in total. The number of allylic oxidation sites excluding steroid dienone is 2. The predicted molar refractivity (Wildman–Crippen MR) is 41.1 cm³/mol. The molecule has 0 aliphatic carbocycles. The van der Waals surface area contributed by atoms with Crippen LogP contribution >= 0.6 is 0 Å². The Balaban J connectivity index is 2.32. The van der Waals surface area contributed by atoms with Gasteiger partial charge in [-0.1, -0.05) is 12.2 Å². The predicted octanol–water partition coefficient (Wildman–Crippen LogP) is 0.889. The van der Waals surface area contributed by atoms with E-state index in [0.717, 1.165) is 25.2 Å². The number of aliphatic imine (C=N–C) groups is 1. The lowest BCUT2D eigenvalue weighted by molar-refractivity contribution is 0.842. The normalized spacial score (nSPS) is 22.4. The molecule has 0 saturated heterocycles. The summed E-state index contributed by atoms with van der Waals surface area (Å²) in [6.07, 6.45) is 7.19. The standard InChI is InChI=1S/C8H9N2/c1-2-7-3-5-9-6-8(7)10-4-1/h1-2,6H,3-5H2. The molecule has 0 spiro atoms. The lowest BCUT2D eigenvalue weighted by Crippen LogP contribution is -2.15. The third-order valence-corrected chi connectivity index (χ3v) is 1.74. The zero-order chi connectivity index (χ0) is 6.81. The molecular formula is C8H9N2. The van der Waals surface area contributed by atoms with Gasteiger partial charge in [0.2, 0.25) is 0 Å². The quantitative estimate of drug-likeness (QED) is 0.469. The third-order valence-electron chi connectivity index (χ3n) is 1.74. The summed E-state index contributed by atoms with van der Waals surface area (Å²) in [4.78, 5) is 4.15. The highest BCUT2D eigenvalue weighted by Crippen LogP contribution is 2.15. The van der Waals surface area contributed by atoms with Crippen molar-refractivity contribution in [2.45, 2.75) is 6.42 Å². The smallest absolute Gasteiger partial charge is 0.0788 e. The van der Waals surface area contributed by atoms with Crippen LogP contribution in [0.3, 0.4) is 0 Å². The van der Waals surface area contributed by atoms with Gasteiger partial charge in [0.15, 0.2) is 0 Å². The first-order chi connectivity index (χ1) is 4.97. The first-order valence-electron chi connectivity index (χ1n) is 3.54. The summed E-state index contributed by atoms with van der Waals surface area (Å²) < 4.78 is 0. The Bertz CT molecular complexity index is 199. The van der Waals surface area contributed by atoms with Crippen LogP contribution in [0.25, 0.3) is 0 Å². The van der Waals surface area contributed by atoms with Crippen molar-refractivity contribution in [2.24, 2.45) is 4.99 Å². The molecule has 2 heterocycles. The Kier molecular flexibility index (Phi) is 1.31. The van der Waals surface area contributed by atoms with Crippen molar-refractivity contribution in [2.75, 3.05) is 13.1 Å². The van der Waals surface area contributed by atoms with E-state index >= 15 is 0 Å². The maximum Gasteiger partial charge on any atom is 0.0788 e. The van der Waals surface area contributed by atoms with E-state index in [0.29, 0.717) is 0 Å². The maximum absolute atomic E-state index is 4.29. The van der Waals surface area contributed by atoms with E-state index in [1.54, 1.807) is 0 Å². The van der Waals surface area contributed by atoms with E-state index in [2.05, 4.69) is 22.5 Å². The average molecular weight is 133 g/mol. The SMILES string of the molecule is C1=CC2=C(C=NCC2)[N]C1. The van der Waals surface area contributed by atoms with Gasteiger partial charge in [-0.15, -0.1) is 0 Å². The largest absolute Gasteiger partial charge is 0.291 e. The first kappa shape index (κ1) is 5.71. The van der Waals surface area contributed by atoms with E-state index in [1.807, 2.05) is 6.21 Å². The molecule has 1 radical (unpaired) electrons. The van der Waals surface area contributed by atoms with Crippen LogP contribution in [0.4, 0.5) is 0 Å². The Morgan fingerprint density at radius 1 is 1.40 bits per heavy atom. The summed E-state index contributed by atoms with van der Waals surface area (Å²) in [6.45, 7) is 1.75. The highest BCUT2D eigenvalue weighted by molar-refractivity contribution is 5.81. The van der Waals surface area contributed by atoms with Gasteiger partial charge in [0.1, 0.15) is 0 Å². The molecule has 0 aromatic heterocycles. The summed E-state index contributed by atoms with van der Waals surface area (Å²) >= 11 is 0. The topological polar surface area (TPSA) is 26.5 Å². The fourth-order valence-electron chi connectivity index (χ4n) is 1.20. The van der Waals surface area contributed by atoms with E-state index in [9.17, 15) is 0 Å². The second kappa shape index (κ2) is 2.29. The average Bonchev–Trinajstić information content (AvgIpc) is 2.05. The van der Waals surface area contributed by atoms with Gasteiger partial charge in [0.25, 0.3) is 0 Å². The van der Waals surface area contributed by atoms with Crippen LogP contribution < -0.4 is 5.32 Å². The van der Waals surface area contributed by atoms with Crippen molar-refractivity contribution < 1.29 is 0 Å². The van der Waals surface area contributed by atoms with Crippen LogP contribution in [-0.4, -0.2) is 19.3 Å². The Hall–Kier alpha value is -1.05. The van der Waals surface area contributed by atoms with Gasteiger partial charge in [0, 0.05) is 12.8 Å². The van der Waals surface area contributed by atoms with Crippen LogP contribution in [0.1, 0.15) is 6.42 Å². The number of dihydropyridines is 1. The summed E-state index contributed by atoms with van der Waals surface area (Å²) in [5.41, 5.74) is 2.44. The van der Waals surface area contributed by atoms with Gasteiger partial charge < -0.3 is 0 Å². The van der Waals surface area contributed by atoms with E-state index in [1.165, 1.54) is 5.57 Å². The second-order valence-corrected chi connectivity index (χ2v) is 2.44. The summed E-state index contributed by atoms with van der Waals surface area (Å²) in [7, 11) is 0. The van der Waals surface area contributed by atoms with Gasteiger partial charge in [-0.05, 0) is 12.0 Å². The molecule has 0 bridgehead atoms. The van der Waals surface area contributed by atoms with Crippen LogP contribution in [0.2, 0.25) is 0 Å². The zero-order valence-corrected chi connectivity index (χ0v) is 5.75. The fraction of sp³-hybridized carbons (Fsp3) is 0.375. The molecule has 10 heavy (non-hydrogen) atoms. The number of rotatable bonds is 0. The zero-order valence-electron chi connectivity index (χ0n) is 5.75. The molecule has 0 aromatic rings. The summed E-state index contributed by atoms with van der Waals surface area (Å²) in [6, 6.07) is 0. The van der Waals surface area contributed by atoms with Crippen molar-refractivity contribution in [3.8, 4) is 0 Å². The molecule has 0 fully saturated rings. The Morgan fingerprint density at radius 2 is 2.40 bits per heavy atom. The highest BCUT2D eigenvalue weighted by Gasteiger charge is 2.09. The lowest BCUT2D eigenvalue weighted by Gasteiger charge is -2.14. The van der Waals surface area contributed by atoms with Gasteiger partial charge in [-0.25, -0.2) is 0 Å². The van der Waals surface area contributed by atoms with Crippen LogP contribution in [0.5, 0.6) is 0 Å². The molecule has 2 rings (SSSR count). The molecule has 2 heteroatoms. The minimum Gasteiger partial charge on any atom is -0.291 e. The van der Waals surface area contributed by atoms with E-state index in [-0.39, 0.29) is 0 Å². The molecule has 0 aromatic carbocycles. The molecule has 51 valence electrons. The molecular weight excluding hydrogens is 124 g/mol. The molecule has 2 aliphatic heterocycles. The van der Waals surface area contributed by atoms with E-state index in [4.69, 9.17) is 0 Å². The molecule has 0 N–H and O–H groups in total. The molecule has 0 saturated carbocycles. The van der Waals surface area contributed by atoms with Crippen molar-refractivity contribution in [1.82, 2.24) is 5.32 Å². The molecule has 0 amide bonds. The minimum absolute atomic E-state index is 0.824. The highest BCUT2D eigenvalue weighted by atomic mass is 14.9. The first-order valence-corrected chi connectivity index (χ1v) is 3.54. The van der Waals surface area contributed by atoms with Gasteiger partial charge in [-0.3, -0.25) is 10.3 Å². The third kappa shape index (κ3) is 0.856. The second-order valence-electron chi connectivity index (χ2n) is 2.44. The van der Waals surface area contributed by atoms with Crippen LogP contribution in [0.15, 0.2) is 28.4 Å². The van der Waals surface area contributed by atoms with Crippen molar-refractivity contribution in [3.05, 3.63) is 23.4 Å². The Morgan fingerprint density at radius 3 is 3.30 bits per heavy atom. The van der Waals surface area contributed by atoms with Crippen molar-refractivity contribution in [1.29, 1.82) is 0 Å². The maximum atomic E-state index is 4.29. The molecule has 0 unspecified atom stereocenters. The van der Waals surface area contributed by atoms with E-state index < -0.39 is 0 Å². The summed E-state index contributed by atoms with van der Waals surface area (Å²) in [5, 5.41) is 4.29. The summed E-state index contributed by atoms with van der Waals surface area (Å²) in [5.74, 6) is 0. The van der Waals surface area contributed by atoms with Gasteiger partial charge in [-0.2, -0.15) is 0 Å². The fourth-order valence-corrected chi connectivity index (χ4v) is 1.20. The van der Waals surface area contributed by atoms with Crippen molar-refractivity contribution in [3.63, 3.8) is 0 Å². The lowest BCUT2D eigenvalue weighted by atomic mass is 10.1. The Labute approximate surface area is 60.3 Å². The van der Waals surface area contributed by atoms with Gasteiger partial charge in [0.05, 0.1) is 12.2 Å². The minimum atomic E-state index is 0.824. The molecule has 0 atom stereocenters. The van der Waals surface area contributed by atoms with Crippen molar-refractivity contribution >= 4 is 6.21 Å².